The van der Waals surface area contributed by atoms with Crippen LogP contribution < -0.4 is 20.1 Å². The molecule has 2 aromatic rings. The van der Waals surface area contributed by atoms with E-state index in [1.54, 1.807) is 19.4 Å². The maximum atomic E-state index is 12.5. The second kappa shape index (κ2) is 11.3. The Balaban J connectivity index is 1.86. The first-order valence-corrected chi connectivity index (χ1v) is 10.5. The quantitative estimate of drug-likeness (QED) is 0.779. The van der Waals surface area contributed by atoms with Gasteiger partial charge in [-0.25, -0.2) is 9.97 Å². The number of aromatic nitrogens is 2. The van der Waals surface area contributed by atoms with E-state index in [2.05, 4.69) is 25.5 Å². The summed E-state index contributed by atoms with van der Waals surface area (Å²) in [4.78, 5) is 23.2. The minimum atomic E-state index is 0.0189. The summed E-state index contributed by atoms with van der Waals surface area (Å²) in [6.45, 7) is 5.24. The molecule has 1 aliphatic heterocycles. The first-order chi connectivity index (χ1) is 14.7. The molecule has 0 fully saturated rings. The fourth-order valence-electron chi connectivity index (χ4n) is 3.42. The molecule has 2 heterocycles. The van der Waals surface area contributed by atoms with Gasteiger partial charge in [-0.15, -0.1) is 0 Å². The molecule has 1 aromatic heterocycles. The number of amides is 1. The third-order valence-electron chi connectivity index (χ3n) is 4.85. The fourth-order valence-corrected chi connectivity index (χ4v) is 3.42. The van der Waals surface area contributed by atoms with Gasteiger partial charge in [-0.1, -0.05) is 12.1 Å². The Hall–Kier alpha value is -2.87. The largest absolute Gasteiger partial charge is 0.490 e. The molecular formula is C22H31N5O3. The van der Waals surface area contributed by atoms with Gasteiger partial charge in [-0.3, -0.25) is 9.69 Å². The normalized spacial score (nSPS) is 16.1. The molecule has 8 heteroatoms. The summed E-state index contributed by atoms with van der Waals surface area (Å²) < 4.78 is 12.0. The van der Waals surface area contributed by atoms with E-state index in [4.69, 9.17) is 9.47 Å². The number of hydrogen-bond donors (Lipinski definition) is 2. The van der Waals surface area contributed by atoms with Crippen LogP contribution in [0.3, 0.4) is 0 Å². The second-order valence-corrected chi connectivity index (χ2v) is 7.25. The molecule has 1 aliphatic rings. The predicted octanol–water partition coefficient (Wildman–Crippen LogP) is 2.60. The van der Waals surface area contributed by atoms with E-state index in [0.717, 1.165) is 41.9 Å². The standard InChI is InChI=1S/C22H31N5O3/c1-3-29-19-9-7-8-18-15-27(14-17-12-25-22(23-2)26-13-17)16-20(28)24-10-5-4-6-11-30-21(18)19/h7-9,12-13H,3-6,10-11,14-16H2,1-2H3,(H,24,28)(H,23,25,26). The Labute approximate surface area is 178 Å². The molecule has 30 heavy (non-hydrogen) atoms. The lowest BCUT2D eigenvalue weighted by Gasteiger charge is -2.24. The Bertz CT molecular complexity index is 813. The number of carbonyl (C=O) groups excluding carboxylic acids is 1. The molecule has 0 aliphatic carbocycles. The number of nitrogens with one attached hydrogen (secondary N) is 2. The second-order valence-electron chi connectivity index (χ2n) is 7.25. The average Bonchev–Trinajstić information content (AvgIpc) is 2.76. The molecule has 0 unspecified atom stereocenters. The molecule has 3 rings (SSSR count). The van der Waals surface area contributed by atoms with Crippen molar-refractivity contribution in [3.63, 3.8) is 0 Å². The Kier molecular flexibility index (Phi) is 8.26. The van der Waals surface area contributed by atoms with Crippen molar-refractivity contribution < 1.29 is 14.3 Å². The van der Waals surface area contributed by atoms with E-state index < -0.39 is 0 Å². The van der Waals surface area contributed by atoms with E-state index in [1.807, 2.05) is 25.1 Å². The van der Waals surface area contributed by atoms with Crippen LogP contribution in [0.2, 0.25) is 0 Å². The van der Waals surface area contributed by atoms with Crippen LogP contribution in [-0.4, -0.2) is 54.1 Å². The highest BCUT2D eigenvalue weighted by molar-refractivity contribution is 5.78. The number of nitrogens with zero attached hydrogens (tertiary/aromatic N) is 3. The van der Waals surface area contributed by atoms with Gasteiger partial charge in [0.15, 0.2) is 11.5 Å². The highest BCUT2D eigenvalue weighted by Gasteiger charge is 2.18. The maximum Gasteiger partial charge on any atom is 0.234 e. The minimum Gasteiger partial charge on any atom is -0.490 e. The maximum absolute atomic E-state index is 12.5. The summed E-state index contributed by atoms with van der Waals surface area (Å²) in [5.41, 5.74) is 1.94. The SMILES string of the molecule is CCOc1cccc2c1OCCCCCNC(=O)CN(Cc1cnc(NC)nc1)C2. The molecule has 0 bridgehead atoms. The van der Waals surface area contributed by atoms with Gasteiger partial charge in [-0.2, -0.15) is 0 Å². The van der Waals surface area contributed by atoms with Crippen molar-refractivity contribution in [2.24, 2.45) is 0 Å². The lowest BCUT2D eigenvalue weighted by molar-refractivity contribution is -0.122. The van der Waals surface area contributed by atoms with Crippen molar-refractivity contribution in [1.29, 1.82) is 0 Å². The van der Waals surface area contributed by atoms with Gasteiger partial charge in [0.05, 0.1) is 19.8 Å². The van der Waals surface area contributed by atoms with E-state index in [9.17, 15) is 4.79 Å². The van der Waals surface area contributed by atoms with Crippen LogP contribution in [0.15, 0.2) is 30.6 Å². The lowest BCUT2D eigenvalue weighted by Crippen LogP contribution is -2.37. The molecule has 8 nitrogen and oxygen atoms in total. The number of hydrogen-bond acceptors (Lipinski definition) is 7. The highest BCUT2D eigenvalue weighted by atomic mass is 16.5. The van der Waals surface area contributed by atoms with Crippen LogP contribution in [0.25, 0.3) is 0 Å². The van der Waals surface area contributed by atoms with Crippen LogP contribution in [0.1, 0.15) is 37.3 Å². The van der Waals surface area contributed by atoms with Crippen LogP contribution in [0.5, 0.6) is 11.5 Å². The number of ether oxygens (including phenoxy) is 2. The van der Waals surface area contributed by atoms with E-state index in [1.165, 1.54) is 0 Å². The van der Waals surface area contributed by atoms with E-state index in [0.29, 0.717) is 38.8 Å². The summed E-state index contributed by atoms with van der Waals surface area (Å²) in [5, 5.41) is 5.94. The highest BCUT2D eigenvalue weighted by Crippen LogP contribution is 2.33. The van der Waals surface area contributed by atoms with Crippen molar-refractivity contribution in [3.05, 3.63) is 41.7 Å². The average molecular weight is 414 g/mol. The van der Waals surface area contributed by atoms with Crippen molar-refractivity contribution >= 4 is 11.9 Å². The number of anilines is 1. The van der Waals surface area contributed by atoms with Crippen LogP contribution in [0.4, 0.5) is 5.95 Å². The molecule has 1 amide bonds. The van der Waals surface area contributed by atoms with Crippen molar-refractivity contribution in [2.45, 2.75) is 39.3 Å². The molecule has 0 saturated carbocycles. The summed E-state index contributed by atoms with van der Waals surface area (Å²) >= 11 is 0. The smallest absolute Gasteiger partial charge is 0.234 e. The summed E-state index contributed by atoms with van der Waals surface area (Å²) in [6.07, 6.45) is 6.45. The van der Waals surface area contributed by atoms with Crippen molar-refractivity contribution in [3.8, 4) is 11.5 Å². The zero-order valence-corrected chi connectivity index (χ0v) is 17.8. The van der Waals surface area contributed by atoms with Crippen molar-refractivity contribution in [2.75, 3.05) is 38.7 Å². The lowest BCUT2D eigenvalue weighted by atomic mass is 10.1. The Morgan fingerprint density at radius 2 is 2.03 bits per heavy atom. The van der Waals surface area contributed by atoms with Gasteiger partial charge in [0.2, 0.25) is 11.9 Å². The first kappa shape index (κ1) is 21.8. The third kappa shape index (κ3) is 6.32. The van der Waals surface area contributed by atoms with Crippen LogP contribution in [0, 0.1) is 0 Å². The molecular weight excluding hydrogens is 382 g/mol. The van der Waals surface area contributed by atoms with Gasteiger partial charge >= 0.3 is 0 Å². The van der Waals surface area contributed by atoms with Crippen molar-refractivity contribution in [1.82, 2.24) is 20.2 Å². The minimum absolute atomic E-state index is 0.0189. The summed E-state index contributed by atoms with van der Waals surface area (Å²) in [5.74, 6) is 2.11. The Morgan fingerprint density at radius 3 is 2.80 bits per heavy atom. The van der Waals surface area contributed by atoms with Gasteiger partial charge in [0, 0.05) is 50.2 Å². The number of carbonyl (C=O) groups is 1. The summed E-state index contributed by atoms with van der Waals surface area (Å²) in [7, 11) is 1.78. The summed E-state index contributed by atoms with van der Waals surface area (Å²) in [6, 6.07) is 5.93. The van der Waals surface area contributed by atoms with E-state index >= 15 is 0 Å². The first-order valence-electron chi connectivity index (χ1n) is 10.5. The van der Waals surface area contributed by atoms with Crippen LogP contribution in [-0.2, 0) is 17.9 Å². The zero-order valence-electron chi connectivity index (χ0n) is 17.8. The van der Waals surface area contributed by atoms with Crippen LogP contribution >= 0.6 is 0 Å². The topological polar surface area (TPSA) is 88.6 Å². The van der Waals surface area contributed by atoms with Gasteiger partial charge in [0.25, 0.3) is 0 Å². The van der Waals surface area contributed by atoms with Gasteiger partial charge in [-0.05, 0) is 32.3 Å². The number of benzene rings is 1. The van der Waals surface area contributed by atoms with Gasteiger partial charge in [0.1, 0.15) is 0 Å². The molecule has 162 valence electrons. The molecule has 0 atom stereocenters. The zero-order chi connectivity index (χ0) is 21.2. The molecule has 0 spiro atoms. The number of fused-ring (bicyclic) bond motifs is 1. The monoisotopic (exact) mass is 413 g/mol. The van der Waals surface area contributed by atoms with Gasteiger partial charge < -0.3 is 20.1 Å². The Morgan fingerprint density at radius 1 is 1.20 bits per heavy atom. The number of rotatable bonds is 5. The predicted molar refractivity (Wildman–Crippen MR) is 116 cm³/mol. The molecule has 2 N–H and O–H groups in total. The van der Waals surface area contributed by atoms with E-state index in [-0.39, 0.29) is 12.5 Å². The third-order valence-corrected chi connectivity index (χ3v) is 4.85. The molecule has 0 saturated heterocycles. The number of para-hydroxylation sites is 1. The molecule has 1 aromatic carbocycles. The fraction of sp³-hybridized carbons (Fsp3) is 0.500. The molecule has 0 radical (unpaired) electrons.